The maximum atomic E-state index is 13.7. The summed E-state index contributed by atoms with van der Waals surface area (Å²) in [7, 11) is -3.23. The predicted molar refractivity (Wildman–Crippen MR) is 122 cm³/mol. The highest BCUT2D eigenvalue weighted by Gasteiger charge is 2.10. The molecule has 0 fully saturated rings. The Labute approximate surface area is 183 Å². The molecule has 0 spiro atoms. The number of sulfone groups is 1. The predicted octanol–water partition coefficient (Wildman–Crippen LogP) is 3.72. The molecule has 5 nitrogen and oxygen atoms in total. The van der Waals surface area contributed by atoms with Gasteiger partial charge < -0.3 is 10.6 Å². The van der Waals surface area contributed by atoms with Crippen molar-refractivity contribution in [3.8, 4) is 0 Å². The molecule has 8 heteroatoms. The van der Waals surface area contributed by atoms with Gasteiger partial charge in [-0.15, -0.1) is 24.0 Å². The second kappa shape index (κ2) is 10.8. The average molecular weight is 519 g/mol. The smallest absolute Gasteiger partial charge is 0.191 e. The van der Waals surface area contributed by atoms with Gasteiger partial charge in [-0.2, -0.15) is 0 Å². The summed E-state index contributed by atoms with van der Waals surface area (Å²) in [6.45, 7) is 7.03. The fraction of sp³-hybridized carbons (Fsp3) is 0.350. The molecule has 2 rings (SSSR count). The van der Waals surface area contributed by atoms with Gasteiger partial charge in [0.2, 0.25) is 0 Å². The van der Waals surface area contributed by atoms with Gasteiger partial charge in [-0.3, -0.25) is 0 Å². The van der Waals surface area contributed by atoms with E-state index in [0.29, 0.717) is 41.6 Å². The highest BCUT2D eigenvalue weighted by atomic mass is 127. The number of benzene rings is 2. The number of aryl methyl sites for hydroxylation is 2. The van der Waals surface area contributed by atoms with Gasteiger partial charge in [0, 0.05) is 19.3 Å². The Morgan fingerprint density at radius 2 is 1.71 bits per heavy atom. The molecule has 154 valence electrons. The second-order valence-electron chi connectivity index (χ2n) is 6.50. The molecule has 2 aromatic carbocycles. The summed E-state index contributed by atoms with van der Waals surface area (Å²) in [5.74, 6) is 0.390. The van der Waals surface area contributed by atoms with Gasteiger partial charge in [0.25, 0.3) is 0 Å². The van der Waals surface area contributed by atoms with Crippen LogP contribution in [0.2, 0.25) is 0 Å². The molecule has 0 amide bonds. The van der Waals surface area contributed by atoms with Gasteiger partial charge in [0.15, 0.2) is 15.8 Å². The molecule has 0 aliphatic carbocycles. The van der Waals surface area contributed by atoms with Crippen LogP contribution in [0.1, 0.15) is 29.2 Å². The lowest BCUT2D eigenvalue weighted by atomic mass is 10.1. The molecule has 0 aliphatic rings. The van der Waals surface area contributed by atoms with Crippen molar-refractivity contribution in [2.75, 3.05) is 12.8 Å². The third-order valence-electron chi connectivity index (χ3n) is 4.10. The van der Waals surface area contributed by atoms with E-state index < -0.39 is 9.84 Å². The van der Waals surface area contributed by atoms with E-state index in [9.17, 15) is 12.8 Å². The van der Waals surface area contributed by atoms with E-state index in [0.717, 1.165) is 11.1 Å². The van der Waals surface area contributed by atoms with E-state index in [1.54, 1.807) is 32.0 Å². The Bertz CT molecular complexity index is 946. The summed E-state index contributed by atoms with van der Waals surface area (Å²) in [6, 6.07) is 10.4. The second-order valence-corrected chi connectivity index (χ2v) is 8.49. The summed E-state index contributed by atoms with van der Waals surface area (Å²) < 4.78 is 37.1. The van der Waals surface area contributed by atoms with Gasteiger partial charge in [0.1, 0.15) is 5.82 Å². The van der Waals surface area contributed by atoms with E-state index in [2.05, 4.69) is 15.6 Å². The number of hydrogen-bond donors (Lipinski definition) is 2. The maximum absolute atomic E-state index is 13.7. The Hall–Kier alpha value is -1.68. The first kappa shape index (κ1) is 24.4. The molecule has 2 aromatic rings. The van der Waals surface area contributed by atoms with Crippen LogP contribution in [0.25, 0.3) is 0 Å². The molecule has 0 saturated heterocycles. The zero-order valence-electron chi connectivity index (χ0n) is 16.5. The van der Waals surface area contributed by atoms with Gasteiger partial charge in [-0.25, -0.2) is 17.8 Å². The number of nitrogens with one attached hydrogen (secondary N) is 2. The first-order valence-corrected chi connectivity index (χ1v) is 10.7. The number of hydrogen-bond acceptors (Lipinski definition) is 3. The first-order chi connectivity index (χ1) is 12.7. The van der Waals surface area contributed by atoms with E-state index in [1.165, 1.54) is 12.3 Å². The standard InChI is InChI=1S/C20H26FN3O2S.HI/c1-5-22-20(24-13-17-7-6-14(2)18(21)11-17)23-12-16-8-9-19(15(3)10-16)27(4,25)26;/h6-11H,5,12-13H2,1-4H3,(H2,22,23,24);1H. The van der Waals surface area contributed by atoms with E-state index in [4.69, 9.17) is 0 Å². The lowest BCUT2D eigenvalue weighted by Crippen LogP contribution is -2.36. The zero-order chi connectivity index (χ0) is 20.0. The molecule has 0 atom stereocenters. The Morgan fingerprint density at radius 3 is 2.29 bits per heavy atom. The summed E-state index contributed by atoms with van der Waals surface area (Å²) in [4.78, 5) is 4.86. The minimum Gasteiger partial charge on any atom is -0.357 e. The largest absolute Gasteiger partial charge is 0.357 e. The quantitative estimate of drug-likeness (QED) is 0.347. The fourth-order valence-electron chi connectivity index (χ4n) is 2.67. The lowest BCUT2D eigenvalue weighted by Gasteiger charge is -2.12. The van der Waals surface area contributed by atoms with Crippen LogP contribution in [0.15, 0.2) is 46.3 Å². The van der Waals surface area contributed by atoms with Crippen LogP contribution >= 0.6 is 24.0 Å². The van der Waals surface area contributed by atoms with Crippen molar-refractivity contribution in [2.45, 2.75) is 38.8 Å². The SMILES string of the molecule is CCNC(=NCc1ccc(S(C)(=O)=O)c(C)c1)NCc1ccc(C)c(F)c1.I. The normalized spacial score (nSPS) is 11.7. The van der Waals surface area contributed by atoms with E-state index in [1.807, 2.05) is 19.1 Å². The highest BCUT2D eigenvalue weighted by molar-refractivity contribution is 14.0. The van der Waals surface area contributed by atoms with Crippen LogP contribution < -0.4 is 10.6 Å². The molecule has 0 aromatic heterocycles. The van der Waals surface area contributed by atoms with Gasteiger partial charge >= 0.3 is 0 Å². The Kier molecular flexibility index (Phi) is 9.35. The van der Waals surface area contributed by atoms with Crippen LogP contribution in [0, 0.1) is 19.7 Å². The molecule has 2 N–H and O–H groups in total. The molecule has 0 radical (unpaired) electrons. The molecule has 0 unspecified atom stereocenters. The lowest BCUT2D eigenvalue weighted by molar-refractivity contribution is 0.601. The molecular formula is C20H27FIN3O2S. The number of aliphatic imine (C=N–C) groups is 1. The molecular weight excluding hydrogens is 492 g/mol. The number of halogens is 2. The summed E-state index contributed by atoms with van der Waals surface area (Å²) >= 11 is 0. The minimum atomic E-state index is -3.23. The summed E-state index contributed by atoms with van der Waals surface area (Å²) in [6.07, 6.45) is 1.20. The van der Waals surface area contributed by atoms with E-state index in [-0.39, 0.29) is 29.8 Å². The number of nitrogens with zero attached hydrogens (tertiary/aromatic N) is 1. The summed E-state index contributed by atoms with van der Waals surface area (Å²) in [5.41, 5.74) is 3.07. The van der Waals surface area contributed by atoms with Crippen LogP contribution in [0.4, 0.5) is 4.39 Å². The monoisotopic (exact) mass is 519 g/mol. The first-order valence-electron chi connectivity index (χ1n) is 8.77. The van der Waals surface area contributed by atoms with Crippen molar-refractivity contribution in [3.05, 3.63) is 64.5 Å². The molecule has 0 aliphatic heterocycles. The van der Waals surface area contributed by atoms with Gasteiger partial charge in [-0.05, 0) is 55.2 Å². The molecule has 0 saturated carbocycles. The van der Waals surface area contributed by atoms with Crippen LogP contribution in [0.3, 0.4) is 0 Å². The third-order valence-corrected chi connectivity index (χ3v) is 5.36. The molecule has 28 heavy (non-hydrogen) atoms. The minimum absolute atomic E-state index is 0. The van der Waals surface area contributed by atoms with Crippen molar-refractivity contribution in [2.24, 2.45) is 4.99 Å². The average Bonchev–Trinajstić information content (AvgIpc) is 2.59. The fourth-order valence-corrected chi connectivity index (χ4v) is 3.63. The zero-order valence-corrected chi connectivity index (χ0v) is 19.7. The van der Waals surface area contributed by atoms with Crippen molar-refractivity contribution in [1.29, 1.82) is 0 Å². The topological polar surface area (TPSA) is 70.6 Å². The van der Waals surface area contributed by atoms with E-state index >= 15 is 0 Å². The third kappa shape index (κ3) is 7.05. The van der Waals surface area contributed by atoms with Crippen molar-refractivity contribution in [3.63, 3.8) is 0 Å². The van der Waals surface area contributed by atoms with Gasteiger partial charge in [-0.1, -0.05) is 24.3 Å². The number of rotatable bonds is 6. The maximum Gasteiger partial charge on any atom is 0.191 e. The molecule has 0 heterocycles. The highest BCUT2D eigenvalue weighted by Crippen LogP contribution is 2.17. The van der Waals surface area contributed by atoms with Crippen molar-refractivity contribution in [1.82, 2.24) is 10.6 Å². The van der Waals surface area contributed by atoms with Crippen molar-refractivity contribution >= 4 is 39.8 Å². The Balaban J connectivity index is 0.00000392. The van der Waals surface area contributed by atoms with Crippen LogP contribution in [-0.2, 0) is 22.9 Å². The van der Waals surface area contributed by atoms with Crippen LogP contribution in [-0.4, -0.2) is 27.2 Å². The van der Waals surface area contributed by atoms with Crippen LogP contribution in [0.5, 0.6) is 0 Å². The molecule has 0 bridgehead atoms. The number of guanidine groups is 1. The van der Waals surface area contributed by atoms with Gasteiger partial charge in [0.05, 0.1) is 11.4 Å². The summed E-state index contributed by atoms with van der Waals surface area (Å²) in [5, 5.41) is 6.33. The Morgan fingerprint density at radius 1 is 1.04 bits per heavy atom. The van der Waals surface area contributed by atoms with Crippen molar-refractivity contribution < 1.29 is 12.8 Å².